The first kappa shape index (κ1) is 27.4. The van der Waals surface area contributed by atoms with Gasteiger partial charge in [0.25, 0.3) is 5.91 Å². The number of methoxy groups -OCH3 is 1. The van der Waals surface area contributed by atoms with Gasteiger partial charge in [0, 0.05) is 35.9 Å². The number of nitrogens with zero attached hydrogens (tertiary/aromatic N) is 2. The van der Waals surface area contributed by atoms with Crippen LogP contribution in [0.2, 0.25) is 0 Å². The van der Waals surface area contributed by atoms with Crippen molar-refractivity contribution in [1.29, 1.82) is 0 Å². The number of likely N-dealkylation sites (tertiary alicyclic amines) is 1. The third-order valence-electron chi connectivity index (χ3n) is 7.46. The van der Waals surface area contributed by atoms with E-state index in [1.165, 1.54) is 29.7 Å². The van der Waals surface area contributed by atoms with Gasteiger partial charge in [0.1, 0.15) is 6.61 Å². The molecule has 0 unspecified atom stereocenters. The zero-order valence-corrected chi connectivity index (χ0v) is 23.6. The molecule has 2 heterocycles. The van der Waals surface area contributed by atoms with E-state index in [0.717, 1.165) is 60.8 Å². The number of carbonyl (C=O) groups excluding carboxylic acids is 1. The summed E-state index contributed by atoms with van der Waals surface area (Å²) in [5, 5.41) is 0. The van der Waals surface area contributed by atoms with E-state index >= 15 is 0 Å². The van der Waals surface area contributed by atoms with Gasteiger partial charge in [-0.2, -0.15) is 0 Å². The van der Waals surface area contributed by atoms with Crippen LogP contribution in [-0.2, 0) is 17.6 Å². The second-order valence-corrected chi connectivity index (χ2v) is 11.2. The average molecular weight is 543 g/mol. The molecule has 0 spiro atoms. The molecule has 2 aliphatic rings. The lowest BCUT2D eigenvalue weighted by Gasteiger charge is -2.26. The molecule has 39 heavy (non-hydrogen) atoms. The third-order valence-corrected chi connectivity index (χ3v) is 8.55. The first-order chi connectivity index (χ1) is 19.2. The van der Waals surface area contributed by atoms with Crippen molar-refractivity contribution < 1.29 is 14.3 Å². The molecule has 3 aromatic rings. The van der Waals surface area contributed by atoms with E-state index in [4.69, 9.17) is 9.47 Å². The summed E-state index contributed by atoms with van der Waals surface area (Å²) in [6, 6.07) is 22.8. The number of piperidine rings is 1. The van der Waals surface area contributed by atoms with Crippen LogP contribution >= 0.6 is 11.8 Å². The highest BCUT2D eigenvalue weighted by Gasteiger charge is 2.26. The van der Waals surface area contributed by atoms with Crippen LogP contribution in [0.1, 0.15) is 36.0 Å². The Hall–Kier alpha value is -3.22. The Morgan fingerprint density at radius 3 is 2.56 bits per heavy atom. The first-order valence-electron chi connectivity index (χ1n) is 14.0. The summed E-state index contributed by atoms with van der Waals surface area (Å²) in [4.78, 5) is 18.8. The van der Waals surface area contributed by atoms with E-state index < -0.39 is 0 Å². The van der Waals surface area contributed by atoms with Crippen LogP contribution in [-0.4, -0.2) is 56.5 Å². The van der Waals surface area contributed by atoms with Crippen LogP contribution < -0.4 is 14.4 Å². The van der Waals surface area contributed by atoms with Crippen LogP contribution in [0.3, 0.4) is 0 Å². The normalized spacial score (nSPS) is 15.5. The van der Waals surface area contributed by atoms with Crippen molar-refractivity contribution in [3.63, 3.8) is 0 Å². The predicted octanol–water partition coefficient (Wildman–Crippen LogP) is 6.50. The molecule has 5 nitrogen and oxygen atoms in total. The van der Waals surface area contributed by atoms with Gasteiger partial charge in [-0.15, -0.1) is 11.8 Å². The minimum atomic E-state index is -0.0118. The SMILES string of the molecule is COc1cc2c(cc1OCCN1CCCCC1)N(C(=O)/C=C/c1ccccc1SCCc1ccccc1)CC2. The van der Waals surface area contributed by atoms with Crippen LogP contribution in [0.4, 0.5) is 5.69 Å². The molecule has 0 atom stereocenters. The zero-order chi connectivity index (χ0) is 26.9. The maximum Gasteiger partial charge on any atom is 0.251 e. The van der Waals surface area contributed by atoms with Gasteiger partial charge in [0.05, 0.1) is 12.8 Å². The largest absolute Gasteiger partial charge is 0.493 e. The molecule has 0 aliphatic carbocycles. The number of amides is 1. The van der Waals surface area contributed by atoms with E-state index in [1.54, 1.807) is 13.2 Å². The number of ether oxygens (including phenoxy) is 2. The number of thioether (sulfide) groups is 1. The van der Waals surface area contributed by atoms with Crippen molar-refractivity contribution in [3.05, 3.63) is 89.5 Å². The zero-order valence-electron chi connectivity index (χ0n) is 22.8. The van der Waals surface area contributed by atoms with E-state index in [2.05, 4.69) is 47.4 Å². The van der Waals surface area contributed by atoms with Crippen molar-refractivity contribution in [3.8, 4) is 11.5 Å². The highest BCUT2D eigenvalue weighted by atomic mass is 32.2. The lowest BCUT2D eigenvalue weighted by atomic mass is 10.1. The molecule has 5 rings (SSSR count). The molecule has 0 saturated carbocycles. The first-order valence-corrected chi connectivity index (χ1v) is 15.0. The molecule has 3 aromatic carbocycles. The molecule has 0 N–H and O–H groups in total. The summed E-state index contributed by atoms with van der Waals surface area (Å²) >= 11 is 1.83. The van der Waals surface area contributed by atoms with Crippen molar-refractivity contribution in [2.75, 3.05) is 50.5 Å². The Morgan fingerprint density at radius 2 is 1.74 bits per heavy atom. The molecule has 0 radical (unpaired) electrons. The Morgan fingerprint density at radius 1 is 0.949 bits per heavy atom. The second kappa shape index (κ2) is 13.7. The fourth-order valence-corrected chi connectivity index (χ4v) is 6.32. The Bertz CT molecular complexity index is 1270. The monoisotopic (exact) mass is 542 g/mol. The number of hydrogen-bond acceptors (Lipinski definition) is 5. The standard InChI is InChI=1S/C33H38N2O3S/c1-37-30-24-28-16-20-35(29(28)25-31(30)38-22-21-34-18-8-3-9-19-34)33(36)15-14-27-12-6-7-13-32(27)39-23-17-26-10-4-2-5-11-26/h2,4-7,10-15,24-25H,3,8-9,16-23H2,1H3/b15-14+. The summed E-state index contributed by atoms with van der Waals surface area (Å²) in [5.74, 6) is 2.42. The number of rotatable bonds is 11. The van der Waals surface area contributed by atoms with E-state index in [0.29, 0.717) is 18.9 Å². The predicted molar refractivity (Wildman–Crippen MR) is 161 cm³/mol. The quantitative estimate of drug-likeness (QED) is 0.204. The number of hydrogen-bond donors (Lipinski definition) is 0. The molecule has 6 heteroatoms. The number of carbonyl (C=O) groups is 1. The molecule has 1 saturated heterocycles. The summed E-state index contributed by atoms with van der Waals surface area (Å²) in [6.07, 6.45) is 9.34. The van der Waals surface area contributed by atoms with Crippen molar-refractivity contribution in [2.24, 2.45) is 0 Å². The third kappa shape index (κ3) is 7.25. The van der Waals surface area contributed by atoms with Crippen LogP contribution in [0.15, 0.2) is 77.7 Å². The lowest BCUT2D eigenvalue weighted by molar-refractivity contribution is -0.114. The Balaban J connectivity index is 1.23. The summed E-state index contributed by atoms with van der Waals surface area (Å²) in [6.45, 7) is 4.48. The molecular weight excluding hydrogens is 504 g/mol. The number of aryl methyl sites for hydroxylation is 1. The van der Waals surface area contributed by atoms with Crippen molar-refractivity contribution in [2.45, 2.75) is 37.0 Å². The summed E-state index contributed by atoms with van der Waals surface area (Å²) < 4.78 is 11.8. The summed E-state index contributed by atoms with van der Waals surface area (Å²) in [7, 11) is 1.68. The molecule has 1 fully saturated rings. The number of fused-ring (bicyclic) bond motifs is 1. The smallest absolute Gasteiger partial charge is 0.251 e. The van der Waals surface area contributed by atoms with E-state index in [-0.39, 0.29) is 5.91 Å². The van der Waals surface area contributed by atoms with E-state index in [9.17, 15) is 4.79 Å². The average Bonchev–Trinajstić information content (AvgIpc) is 3.40. The van der Waals surface area contributed by atoms with Gasteiger partial charge < -0.3 is 14.4 Å². The van der Waals surface area contributed by atoms with Gasteiger partial charge in [-0.05, 0) is 73.7 Å². The topological polar surface area (TPSA) is 42.0 Å². The highest BCUT2D eigenvalue weighted by molar-refractivity contribution is 7.99. The van der Waals surface area contributed by atoms with Crippen molar-refractivity contribution in [1.82, 2.24) is 4.90 Å². The van der Waals surface area contributed by atoms with Crippen LogP contribution in [0.25, 0.3) is 6.08 Å². The maximum absolute atomic E-state index is 13.3. The fourth-order valence-electron chi connectivity index (χ4n) is 5.29. The molecule has 1 amide bonds. The van der Waals surface area contributed by atoms with Gasteiger partial charge in [-0.3, -0.25) is 9.69 Å². The highest BCUT2D eigenvalue weighted by Crippen LogP contribution is 2.39. The second-order valence-electron chi connectivity index (χ2n) is 10.1. The van der Waals surface area contributed by atoms with Gasteiger partial charge >= 0.3 is 0 Å². The Kier molecular flexibility index (Phi) is 9.62. The summed E-state index contributed by atoms with van der Waals surface area (Å²) in [5.41, 5.74) is 4.45. The van der Waals surface area contributed by atoms with E-state index in [1.807, 2.05) is 47.0 Å². The maximum atomic E-state index is 13.3. The number of anilines is 1. The lowest BCUT2D eigenvalue weighted by Crippen LogP contribution is -2.33. The van der Waals surface area contributed by atoms with Crippen molar-refractivity contribution >= 4 is 29.4 Å². The van der Waals surface area contributed by atoms with Gasteiger partial charge in [-0.1, -0.05) is 55.0 Å². The molecular formula is C33H38N2O3S. The van der Waals surface area contributed by atoms with Crippen LogP contribution in [0.5, 0.6) is 11.5 Å². The Labute approximate surface area is 236 Å². The minimum Gasteiger partial charge on any atom is -0.493 e. The van der Waals surface area contributed by atoms with Gasteiger partial charge in [-0.25, -0.2) is 0 Å². The fraction of sp³-hybridized carbons (Fsp3) is 0.364. The molecule has 2 aliphatic heterocycles. The molecule has 204 valence electrons. The van der Waals surface area contributed by atoms with Crippen LogP contribution in [0, 0.1) is 0 Å². The molecule has 0 aromatic heterocycles. The minimum absolute atomic E-state index is 0.0118. The number of benzene rings is 3. The van der Waals surface area contributed by atoms with Gasteiger partial charge in [0.15, 0.2) is 11.5 Å². The van der Waals surface area contributed by atoms with Gasteiger partial charge in [0.2, 0.25) is 0 Å². The molecule has 0 bridgehead atoms.